The van der Waals surface area contributed by atoms with Crippen molar-refractivity contribution in [1.29, 1.82) is 0 Å². The number of halogens is 1. The van der Waals surface area contributed by atoms with Gasteiger partial charge in [0.15, 0.2) is 23.5 Å². The number of hydrogen-bond donors (Lipinski definition) is 6. The molecule has 19 heteroatoms. The number of benzene rings is 4. The zero-order valence-corrected chi connectivity index (χ0v) is 36.7. The molecule has 1 saturated heterocycles. The van der Waals surface area contributed by atoms with Crippen molar-refractivity contribution < 1.29 is 83.1 Å². The lowest BCUT2D eigenvalue weighted by molar-refractivity contribution is -0.140. The number of phenolic OH excluding ortho intramolecular Hbond substituents is 1. The van der Waals surface area contributed by atoms with Crippen molar-refractivity contribution in [3.8, 4) is 28.7 Å². The summed E-state index contributed by atoms with van der Waals surface area (Å²) in [6, 6.07) is 20.2. The number of esters is 2. The molecule has 18 nitrogen and oxygen atoms in total. The van der Waals surface area contributed by atoms with E-state index < -0.39 is 87.7 Å². The standard InChI is InChI=1S/C22H16O12.C21H26ClNO.C4H4O4/c1-8-5-12(24)10(6-23)19-15(8)22(31)34-20-11(7-32-14(27)4-3-13(25)26)17(28)16(21(29)30)9(2)18(20)33-19;1-21(17-7-4-3-5-8-17,18-10-12-19(22)13-11-18)24-16-14-20-9-6-15-23(20)2;5-3(6)1-2-4(7)8/h3-6,24,28H,7H2,1-2H3,(H,25,26)(H,29,30);3-5,7-8,10-13,20H,6,9,14-16H2,1-2H3;1-2H,(H,5,6)(H,7,8). The quantitative estimate of drug-likeness (QED) is 0.0320. The summed E-state index contributed by atoms with van der Waals surface area (Å²) in [5, 5.41) is 55.3. The predicted octanol–water partition coefficient (Wildman–Crippen LogP) is 7.05. The maximum absolute atomic E-state index is 12.9. The van der Waals surface area contributed by atoms with E-state index >= 15 is 0 Å². The minimum atomic E-state index is -1.60. The lowest BCUT2D eigenvalue weighted by Crippen LogP contribution is -2.31. The topological polar surface area (TPSA) is 281 Å². The van der Waals surface area contributed by atoms with E-state index in [4.69, 9.17) is 45.9 Å². The van der Waals surface area contributed by atoms with Gasteiger partial charge in [0.25, 0.3) is 0 Å². The molecule has 0 saturated carbocycles. The number of phenols is 2. The maximum Gasteiger partial charge on any atom is 0.347 e. The maximum atomic E-state index is 12.9. The van der Waals surface area contributed by atoms with Crippen LogP contribution in [-0.2, 0) is 40.9 Å². The monoisotopic (exact) mass is 931 g/mol. The first-order chi connectivity index (χ1) is 31.2. The number of hydrogen-bond acceptors (Lipinski definition) is 14. The number of fused-ring (bicyclic) bond motifs is 2. The normalized spacial score (nSPS) is 15.0. The summed E-state index contributed by atoms with van der Waals surface area (Å²) in [6.07, 6.45) is 6.08. The molecule has 66 heavy (non-hydrogen) atoms. The summed E-state index contributed by atoms with van der Waals surface area (Å²) in [4.78, 5) is 80.2. The van der Waals surface area contributed by atoms with E-state index in [2.05, 4.69) is 55.3 Å². The molecule has 4 aromatic carbocycles. The molecule has 0 radical (unpaired) electrons. The van der Waals surface area contributed by atoms with Gasteiger partial charge in [0.1, 0.15) is 34.8 Å². The number of carboxylic acid groups (broad SMARTS) is 4. The number of aromatic carboxylic acids is 1. The molecule has 0 spiro atoms. The van der Waals surface area contributed by atoms with Crippen LogP contribution in [0.25, 0.3) is 0 Å². The summed E-state index contributed by atoms with van der Waals surface area (Å²) < 4.78 is 22.4. The van der Waals surface area contributed by atoms with Gasteiger partial charge in [0.2, 0.25) is 0 Å². The van der Waals surface area contributed by atoms with Crippen LogP contribution in [0.5, 0.6) is 28.7 Å². The molecule has 2 unspecified atom stereocenters. The zero-order valence-electron chi connectivity index (χ0n) is 36.0. The van der Waals surface area contributed by atoms with Crippen molar-refractivity contribution in [1.82, 2.24) is 4.90 Å². The highest BCUT2D eigenvalue weighted by atomic mass is 35.5. The zero-order chi connectivity index (χ0) is 48.9. The minimum absolute atomic E-state index is 0.169. The number of nitrogens with zero attached hydrogens (tertiary/aromatic N) is 1. The molecular weight excluding hydrogens is 886 g/mol. The van der Waals surface area contributed by atoms with E-state index in [1.165, 1.54) is 38.8 Å². The van der Waals surface area contributed by atoms with Crippen LogP contribution < -0.4 is 9.47 Å². The minimum Gasteiger partial charge on any atom is -0.507 e. The molecule has 6 N–H and O–H groups in total. The Morgan fingerprint density at radius 1 is 0.848 bits per heavy atom. The third-order valence-electron chi connectivity index (χ3n) is 10.5. The van der Waals surface area contributed by atoms with Gasteiger partial charge in [0.05, 0.1) is 11.1 Å². The van der Waals surface area contributed by atoms with E-state index in [9.17, 15) is 48.9 Å². The van der Waals surface area contributed by atoms with Crippen LogP contribution in [0, 0.1) is 13.8 Å². The number of aryl methyl sites for hydroxylation is 1. The lowest BCUT2D eigenvalue weighted by atomic mass is 9.88. The van der Waals surface area contributed by atoms with E-state index in [0.717, 1.165) is 29.7 Å². The fourth-order valence-electron chi connectivity index (χ4n) is 7.06. The highest BCUT2D eigenvalue weighted by Crippen LogP contribution is 2.50. The van der Waals surface area contributed by atoms with Crippen LogP contribution in [0.15, 0.2) is 85.0 Å². The number of aldehydes is 1. The van der Waals surface area contributed by atoms with Crippen LogP contribution in [-0.4, -0.2) is 104 Å². The molecule has 1 fully saturated rings. The number of carbonyl (C=O) groups excluding carboxylic acids is 3. The molecular formula is C47H46ClNO17. The third kappa shape index (κ3) is 12.8. The first-order valence-corrected chi connectivity index (χ1v) is 20.3. The predicted molar refractivity (Wildman–Crippen MR) is 235 cm³/mol. The molecule has 2 atom stereocenters. The van der Waals surface area contributed by atoms with Crippen LogP contribution in [0.2, 0.25) is 5.02 Å². The van der Waals surface area contributed by atoms with Gasteiger partial charge in [-0.1, -0.05) is 54.1 Å². The molecule has 0 amide bonds. The van der Waals surface area contributed by atoms with Gasteiger partial charge in [-0.15, -0.1) is 0 Å². The van der Waals surface area contributed by atoms with E-state index in [-0.39, 0.29) is 28.7 Å². The number of aliphatic carboxylic acids is 3. The molecule has 0 bridgehead atoms. The lowest BCUT2D eigenvalue weighted by Gasteiger charge is -2.32. The largest absolute Gasteiger partial charge is 0.507 e. The molecule has 0 aliphatic carbocycles. The molecule has 0 aromatic heterocycles. The van der Waals surface area contributed by atoms with Crippen molar-refractivity contribution in [2.75, 3.05) is 20.2 Å². The fourth-order valence-corrected chi connectivity index (χ4v) is 7.19. The summed E-state index contributed by atoms with van der Waals surface area (Å²) in [5.41, 5.74) is 0.0528. The van der Waals surface area contributed by atoms with Crippen LogP contribution >= 0.6 is 11.6 Å². The Morgan fingerprint density at radius 3 is 1.98 bits per heavy atom. The second-order valence-corrected chi connectivity index (χ2v) is 15.3. The molecule has 2 aliphatic heterocycles. The van der Waals surface area contributed by atoms with E-state index in [1.807, 2.05) is 18.2 Å². The number of carbonyl (C=O) groups is 7. The average molecular weight is 932 g/mol. The smallest absolute Gasteiger partial charge is 0.347 e. The second kappa shape index (κ2) is 22.9. The van der Waals surface area contributed by atoms with Crippen LogP contribution in [0.3, 0.4) is 0 Å². The average Bonchev–Trinajstić information content (AvgIpc) is 3.60. The van der Waals surface area contributed by atoms with Crippen LogP contribution in [0.4, 0.5) is 0 Å². The van der Waals surface area contributed by atoms with Crippen molar-refractivity contribution in [3.05, 3.63) is 134 Å². The van der Waals surface area contributed by atoms with Gasteiger partial charge in [-0.2, -0.15) is 0 Å². The fraction of sp³-hybridized carbons (Fsp3) is 0.255. The number of likely N-dealkylation sites (tertiary alicyclic amines) is 1. The summed E-state index contributed by atoms with van der Waals surface area (Å²) in [5.74, 6) is -10.4. The Labute approximate surface area is 382 Å². The first kappa shape index (κ1) is 51.1. The Morgan fingerprint density at radius 2 is 1.44 bits per heavy atom. The molecule has 348 valence electrons. The number of aromatic hydroxyl groups is 2. The summed E-state index contributed by atoms with van der Waals surface area (Å²) in [7, 11) is 2.22. The highest BCUT2D eigenvalue weighted by Gasteiger charge is 2.36. The van der Waals surface area contributed by atoms with E-state index in [0.29, 0.717) is 30.3 Å². The number of rotatable bonds is 14. The number of carboxylic acids is 4. The second-order valence-electron chi connectivity index (χ2n) is 14.8. The van der Waals surface area contributed by atoms with Gasteiger partial charge in [-0.25, -0.2) is 28.8 Å². The highest BCUT2D eigenvalue weighted by molar-refractivity contribution is 6.30. The molecule has 2 heterocycles. The Kier molecular flexibility index (Phi) is 17.7. The summed E-state index contributed by atoms with van der Waals surface area (Å²) >= 11 is 6.07. The molecule has 6 rings (SSSR count). The van der Waals surface area contributed by atoms with Gasteiger partial charge in [-0.3, -0.25) is 4.79 Å². The van der Waals surface area contributed by atoms with Gasteiger partial charge >= 0.3 is 35.8 Å². The Balaban J connectivity index is 0.000000257. The van der Waals surface area contributed by atoms with Crippen molar-refractivity contribution in [2.45, 2.75) is 58.3 Å². The Bertz CT molecular complexity index is 2540. The SMILES string of the molecule is CN1CCCC1CCOC(C)(c1ccccc1)c1ccc(Cl)cc1.Cc1cc(O)c(C=O)c2c1C(=O)Oc1c(COC(=O)C=CC(=O)O)c(O)c(C(=O)O)c(C)c1O2.O=C(O)C=CC(=O)O. The van der Waals surface area contributed by atoms with Gasteiger partial charge in [0, 0.05) is 47.5 Å². The first-order valence-electron chi connectivity index (χ1n) is 19.9. The summed E-state index contributed by atoms with van der Waals surface area (Å²) in [6.45, 7) is 5.95. The van der Waals surface area contributed by atoms with Crippen LogP contribution in [0.1, 0.15) is 85.1 Å². The van der Waals surface area contributed by atoms with Gasteiger partial charge < -0.3 is 54.5 Å². The van der Waals surface area contributed by atoms with Crippen molar-refractivity contribution in [2.24, 2.45) is 0 Å². The van der Waals surface area contributed by atoms with Gasteiger partial charge in [-0.05, 0) is 88.5 Å². The third-order valence-corrected chi connectivity index (χ3v) is 10.7. The number of ether oxygens (including phenoxy) is 4. The molecule has 4 aromatic rings. The Hall–Kier alpha value is -7.54. The molecule has 2 aliphatic rings. The van der Waals surface area contributed by atoms with Crippen molar-refractivity contribution >= 4 is 53.7 Å². The van der Waals surface area contributed by atoms with Crippen molar-refractivity contribution in [3.63, 3.8) is 0 Å². The van der Waals surface area contributed by atoms with E-state index in [1.54, 1.807) is 0 Å².